The topological polar surface area (TPSA) is 105 Å². The molecule has 7 heteroatoms. The Morgan fingerprint density at radius 2 is 1.73 bits per heavy atom. The minimum Gasteiger partial charge on any atom is -0.497 e. The van der Waals surface area contributed by atoms with E-state index in [2.05, 4.69) is 4.99 Å². The minimum atomic E-state index is -0.567. The van der Waals surface area contributed by atoms with Crippen LogP contribution in [0.2, 0.25) is 0 Å². The predicted octanol–water partition coefficient (Wildman–Crippen LogP) is 4.97. The Bertz CT molecular complexity index is 1560. The van der Waals surface area contributed by atoms with Crippen LogP contribution in [0.4, 0.5) is 5.69 Å². The van der Waals surface area contributed by atoms with Crippen LogP contribution in [-0.4, -0.2) is 28.8 Å². The van der Waals surface area contributed by atoms with Crippen LogP contribution in [0.3, 0.4) is 0 Å². The van der Waals surface area contributed by atoms with E-state index in [4.69, 9.17) is 4.74 Å². The van der Waals surface area contributed by atoms with Crippen molar-refractivity contribution in [1.82, 2.24) is 4.57 Å². The van der Waals surface area contributed by atoms with Gasteiger partial charge >= 0.3 is 0 Å². The van der Waals surface area contributed by atoms with Crippen LogP contribution >= 0.6 is 0 Å². The second kappa shape index (κ2) is 11.2. The summed E-state index contributed by atoms with van der Waals surface area (Å²) in [7, 11) is 1.58. The van der Waals surface area contributed by atoms with Gasteiger partial charge in [0.2, 0.25) is 5.88 Å². The number of benzene rings is 3. The number of nitrogens with zero attached hydrogens (tertiary/aromatic N) is 3. The summed E-state index contributed by atoms with van der Waals surface area (Å²) in [5, 5.41) is 20.7. The average molecular weight is 492 g/mol. The molecule has 184 valence electrons. The van der Waals surface area contributed by atoms with Crippen molar-refractivity contribution in [3.05, 3.63) is 123 Å². The van der Waals surface area contributed by atoms with E-state index in [-0.39, 0.29) is 29.3 Å². The third-order valence-corrected chi connectivity index (χ3v) is 6.15. The number of hydrogen-bond donors (Lipinski definition) is 1. The molecule has 0 saturated heterocycles. The lowest BCUT2D eigenvalue weighted by molar-refractivity contribution is 0.103. The fourth-order valence-corrected chi connectivity index (χ4v) is 4.02. The van der Waals surface area contributed by atoms with E-state index in [1.807, 2.05) is 36.4 Å². The SMILES string of the molecule is COc1ccc(CCn2c(O)c(C=Nc3ccccc3C(=O)c3ccccc3)c(C)c(C#N)c2=O)cc1. The smallest absolute Gasteiger partial charge is 0.271 e. The largest absolute Gasteiger partial charge is 0.497 e. The Balaban J connectivity index is 1.70. The summed E-state index contributed by atoms with van der Waals surface area (Å²) in [6.07, 6.45) is 1.85. The third-order valence-electron chi connectivity index (χ3n) is 6.15. The molecule has 4 rings (SSSR count). The molecule has 1 N–H and O–H groups in total. The Labute approximate surface area is 214 Å². The molecule has 0 unspecified atom stereocenters. The van der Waals surface area contributed by atoms with E-state index in [0.29, 0.717) is 28.8 Å². The fourth-order valence-electron chi connectivity index (χ4n) is 4.02. The molecule has 37 heavy (non-hydrogen) atoms. The van der Waals surface area contributed by atoms with Crippen LogP contribution in [0.5, 0.6) is 11.6 Å². The number of ether oxygens (including phenoxy) is 1. The molecule has 0 fully saturated rings. The minimum absolute atomic E-state index is 0.0670. The first-order chi connectivity index (χ1) is 17.9. The van der Waals surface area contributed by atoms with Gasteiger partial charge in [-0.25, -0.2) is 0 Å². The van der Waals surface area contributed by atoms with E-state index in [0.717, 1.165) is 11.3 Å². The van der Waals surface area contributed by atoms with Crippen LogP contribution in [0, 0.1) is 18.3 Å². The lowest BCUT2D eigenvalue weighted by Crippen LogP contribution is -2.26. The highest BCUT2D eigenvalue weighted by Crippen LogP contribution is 2.25. The number of rotatable bonds is 8. The number of para-hydroxylation sites is 1. The van der Waals surface area contributed by atoms with Crippen molar-refractivity contribution in [2.45, 2.75) is 19.9 Å². The molecule has 1 aromatic heterocycles. The zero-order valence-corrected chi connectivity index (χ0v) is 20.5. The van der Waals surface area contributed by atoms with Crippen LogP contribution in [0.25, 0.3) is 0 Å². The molecule has 0 aliphatic carbocycles. The van der Waals surface area contributed by atoms with Gasteiger partial charge in [0.25, 0.3) is 5.56 Å². The number of pyridine rings is 1. The standard InChI is InChI=1S/C30H25N3O4/c1-20-25(18-31)29(35)33(17-16-21-12-14-23(37-2)15-13-21)30(36)26(20)19-32-27-11-7-6-10-24(27)28(34)22-8-4-3-5-9-22/h3-15,19,36H,16-17H2,1-2H3. The molecule has 0 spiro atoms. The van der Waals surface area contributed by atoms with E-state index < -0.39 is 5.56 Å². The van der Waals surface area contributed by atoms with Crippen LogP contribution in [-0.2, 0) is 13.0 Å². The van der Waals surface area contributed by atoms with Gasteiger partial charge in [-0.2, -0.15) is 5.26 Å². The summed E-state index contributed by atoms with van der Waals surface area (Å²) in [5.74, 6) is 0.248. The molecule has 0 amide bonds. The molecular weight excluding hydrogens is 466 g/mol. The predicted molar refractivity (Wildman–Crippen MR) is 142 cm³/mol. The Morgan fingerprint density at radius 1 is 1.05 bits per heavy atom. The Kier molecular flexibility index (Phi) is 7.60. The number of carbonyl (C=O) groups is 1. The van der Waals surface area contributed by atoms with Crippen molar-refractivity contribution < 1.29 is 14.6 Å². The lowest BCUT2D eigenvalue weighted by atomic mass is 10.0. The van der Waals surface area contributed by atoms with Crippen molar-refractivity contribution in [2.24, 2.45) is 4.99 Å². The van der Waals surface area contributed by atoms with Gasteiger partial charge in [0.1, 0.15) is 17.4 Å². The molecule has 4 aromatic rings. The molecule has 0 bridgehead atoms. The van der Waals surface area contributed by atoms with Gasteiger partial charge in [0.15, 0.2) is 5.78 Å². The quantitative estimate of drug-likeness (QED) is 0.277. The van der Waals surface area contributed by atoms with Gasteiger partial charge < -0.3 is 9.84 Å². The van der Waals surface area contributed by atoms with Crippen molar-refractivity contribution >= 4 is 17.7 Å². The second-order valence-corrected chi connectivity index (χ2v) is 8.37. The molecule has 1 heterocycles. The molecule has 0 aliphatic rings. The van der Waals surface area contributed by atoms with E-state index in [1.54, 1.807) is 62.6 Å². The Hall–Kier alpha value is -4.96. The van der Waals surface area contributed by atoms with Gasteiger partial charge in [0.05, 0.1) is 18.4 Å². The molecular formula is C30H25N3O4. The number of nitriles is 1. The molecule has 7 nitrogen and oxygen atoms in total. The van der Waals surface area contributed by atoms with Crippen LogP contribution < -0.4 is 10.3 Å². The van der Waals surface area contributed by atoms with Crippen molar-refractivity contribution in [3.8, 4) is 17.7 Å². The summed E-state index contributed by atoms with van der Waals surface area (Å²) in [4.78, 5) is 30.5. The van der Waals surface area contributed by atoms with Gasteiger partial charge in [-0.1, -0.05) is 54.6 Å². The van der Waals surface area contributed by atoms with Crippen LogP contribution in [0.1, 0.15) is 38.2 Å². The van der Waals surface area contributed by atoms with Crippen molar-refractivity contribution in [1.29, 1.82) is 5.26 Å². The number of aryl methyl sites for hydroxylation is 1. The highest BCUT2D eigenvalue weighted by molar-refractivity contribution is 6.12. The maximum Gasteiger partial charge on any atom is 0.271 e. The number of hydrogen-bond acceptors (Lipinski definition) is 6. The monoisotopic (exact) mass is 491 g/mol. The number of methoxy groups -OCH3 is 1. The number of carbonyl (C=O) groups excluding carboxylic acids is 1. The summed E-state index contributed by atoms with van der Waals surface area (Å²) in [6.45, 7) is 1.76. The van der Waals surface area contributed by atoms with Gasteiger partial charge in [-0.3, -0.25) is 19.1 Å². The summed E-state index contributed by atoms with van der Waals surface area (Å²) in [6, 6.07) is 25.1. The normalized spacial score (nSPS) is 10.8. The number of aliphatic imine (C=N–C) groups is 1. The van der Waals surface area contributed by atoms with E-state index in [9.17, 15) is 20.0 Å². The Morgan fingerprint density at radius 3 is 2.41 bits per heavy atom. The number of aromatic nitrogens is 1. The maximum atomic E-state index is 13.1. The first kappa shape index (κ1) is 25.1. The second-order valence-electron chi connectivity index (χ2n) is 8.37. The maximum absolute atomic E-state index is 13.1. The number of ketones is 1. The number of aromatic hydroxyl groups is 1. The van der Waals surface area contributed by atoms with Crippen molar-refractivity contribution in [2.75, 3.05) is 7.11 Å². The first-order valence-electron chi connectivity index (χ1n) is 11.7. The zero-order chi connectivity index (χ0) is 26.4. The fraction of sp³-hybridized carbons (Fsp3) is 0.133. The van der Waals surface area contributed by atoms with Crippen molar-refractivity contribution in [3.63, 3.8) is 0 Å². The molecule has 0 radical (unpaired) electrons. The zero-order valence-electron chi connectivity index (χ0n) is 20.5. The summed E-state index contributed by atoms with van der Waals surface area (Å²) in [5.41, 5.74) is 2.21. The highest BCUT2D eigenvalue weighted by atomic mass is 16.5. The van der Waals surface area contributed by atoms with Crippen LogP contribution in [0.15, 0.2) is 88.6 Å². The van der Waals surface area contributed by atoms with Gasteiger partial charge in [0, 0.05) is 23.9 Å². The molecule has 0 saturated carbocycles. The summed E-state index contributed by atoms with van der Waals surface area (Å²) >= 11 is 0. The molecule has 0 atom stereocenters. The average Bonchev–Trinajstić information content (AvgIpc) is 2.93. The van der Waals surface area contributed by atoms with Gasteiger partial charge in [-0.15, -0.1) is 0 Å². The third kappa shape index (κ3) is 5.34. The van der Waals surface area contributed by atoms with E-state index >= 15 is 0 Å². The molecule has 3 aromatic carbocycles. The lowest BCUT2D eigenvalue weighted by Gasteiger charge is -2.14. The van der Waals surface area contributed by atoms with E-state index in [1.165, 1.54) is 10.8 Å². The summed E-state index contributed by atoms with van der Waals surface area (Å²) < 4.78 is 6.35. The molecule has 0 aliphatic heterocycles. The first-order valence-corrected chi connectivity index (χ1v) is 11.7. The highest BCUT2D eigenvalue weighted by Gasteiger charge is 2.19. The van der Waals surface area contributed by atoms with Gasteiger partial charge in [-0.05, 0) is 48.7 Å².